The Labute approximate surface area is 164 Å². The van der Waals surface area contributed by atoms with Crippen molar-refractivity contribution in [1.29, 1.82) is 0 Å². The van der Waals surface area contributed by atoms with Crippen LogP contribution >= 0.6 is 11.6 Å². The number of amides is 1. The Hall–Kier alpha value is -2.11. The molecule has 1 saturated heterocycles. The lowest BCUT2D eigenvalue weighted by Gasteiger charge is -2.37. The molecular formula is C21H23ClN2O3. The first-order valence-electron chi connectivity index (χ1n) is 9.43. The molecular weight excluding hydrogens is 364 g/mol. The number of allylic oxidation sites excluding steroid dienone is 3. The van der Waals surface area contributed by atoms with Gasteiger partial charge in [-0.3, -0.25) is 9.59 Å². The molecule has 0 saturated carbocycles. The number of benzene rings is 1. The van der Waals surface area contributed by atoms with E-state index in [0.29, 0.717) is 48.9 Å². The third-order valence-corrected chi connectivity index (χ3v) is 5.87. The number of hydrogen-bond acceptors (Lipinski definition) is 4. The number of halogens is 1. The number of carbonyl (C=O) groups excluding carboxylic acids is 2. The number of carbonyl (C=O) groups is 2. The maximum absolute atomic E-state index is 13.4. The highest BCUT2D eigenvalue weighted by atomic mass is 35.5. The normalized spacial score (nSPS) is 23.3. The summed E-state index contributed by atoms with van der Waals surface area (Å²) in [7, 11) is 0. The van der Waals surface area contributed by atoms with Gasteiger partial charge in [0.05, 0.1) is 13.2 Å². The van der Waals surface area contributed by atoms with Gasteiger partial charge in [-0.15, -0.1) is 0 Å². The summed E-state index contributed by atoms with van der Waals surface area (Å²) in [6.07, 6.45) is 2.16. The Bertz CT molecular complexity index is 853. The van der Waals surface area contributed by atoms with Gasteiger partial charge in [-0.2, -0.15) is 0 Å². The minimum atomic E-state index is -0.418. The number of nitrogens with one attached hydrogen (secondary N) is 1. The standard InChI is InChI=1S/C21H23ClN2O3/c1-13-18(21(26)24-9-11-27-12-10-24)19(14-5-2-3-6-15(14)22)20-16(23-13)7-4-8-17(20)25/h2-3,5-6,19,23H,4,7-12H2,1H3/t19-/m0/s1. The van der Waals surface area contributed by atoms with Crippen LogP contribution in [0.3, 0.4) is 0 Å². The van der Waals surface area contributed by atoms with Crippen LogP contribution in [0.15, 0.2) is 46.8 Å². The van der Waals surface area contributed by atoms with Crippen LogP contribution in [-0.2, 0) is 14.3 Å². The summed E-state index contributed by atoms with van der Waals surface area (Å²) in [5, 5.41) is 3.93. The van der Waals surface area contributed by atoms with Crippen LogP contribution in [0.4, 0.5) is 0 Å². The Morgan fingerprint density at radius 2 is 1.96 bits per heavy atom. The van der Waals surface area contributed by atoms with E-state index < -0.39 is 5.92 Å². The van der Waals surface area contributed by atoms with Crippen LogP contribution < -0.4 is 5.32 Å². The Kier molecular flexibility index (Phi) is 5.06. The predicted octanol–water partition coefficient (Wildman–Crippen LogP) is 3.17. The highest BCUT2D eigenvalue weighted by Crippen LogP contribution is 2.44. The van der Waals surface area contributed by atoms with Crippen molar-refractivity contribution in [1.82, 2.24) is 10.2 Å². The molecule has 1 N–H and O–H groups in total. The van der Waals surface area contributed by atoms with E-state index in [0.717, 1.165) is 29.8 Å². The second-order valence-electron chi connectivity index (χ2n) is 7.19. The number of rotatable bonds is 2. The molecule has 0 unspecified atom stereocenters. The van der Waals surface area contributed by atoms with E-state index >= 15 is 0 Å². The molecule has 1 aromatic rings. The summed E-state index contributed by atoms with van der Waals surface area (Å²) in [6, 6.07) is 7.51. The molecule has 27 heavy (non-hydrogen) atoms. The molecule has 0 radical (unpaired) electrons. The van der Waals surface area contributed by atoms with E-state index in [1.807, 2.05) is 36.1 Å². The van der Waals surface area contributed by atoms with Crippen molar-refractivity contribution < 1.29 is 14.3 Å². The third kappa shape index (κ3) is 3.30. The van der Waals surface area contributed by atoms with Gasteiger partial charge in [0.15, 0.2) is 5.78 Å². The van der Waals surface area contributed by atoms with Crippen LogP contribution in [0.1, 0.15) is 37.7 Å². The van der Waals surface area contributed by atoms with E-state index in [1.165, 1.54) is 0 Å². The van der Waals surface area contributed by atoms with Crippen molar-refractivity contribution >= 4 is 23.3 Å². The first-order valence-corrected chi connectivity index (χ1v) is 9.81. The number of dihydropyridines is 1. The van der Waals surface area contributed by atoms with Crippen molar-refractivity contribution in [3.63, 3.8) is 0 Å². The fourth-order valence-corrected chi connectivity index (χ4v) is 4.47. The number of nitrogens with zero attached hydrogens (tertiary/aromatic N) is 1. The van der Waals surface area contributed by atoms with Crippen molar-refractivity contribution in [3.05, 3.63) is 57.4 Å². The molecule has 0 bridgehead atoms. The number of ketones is 1. The lowest BCUT2D eigenvalue weighted by Crippen LogP contribution is -2.44. The molecule has 2 heterocycles. The van der Waals surface area contributed by atoms with E-state index in [-0.39, 0.29) is 11.7 Å². The minimum Gasteiger partial charge on any atom is -0.378 e. The van der Waals surface area contributed by atoms with Gasteiger partial charge in [0.1, 0.15) is 0 Å². The summed E-state index contributed by atoms with van der Waals surface area (Å²) in [5.41, 5.74) is 3.90. The van der Waals surface area contributed by atoms with Gasteiger partial charge in [-0.1, -0.05) is 29.8 Å². The van der Waals surface area contributed by atoms with Gasteiger partial charge in [-0.25, -0.2) is 0 Å². The van der Waals surface area contributed by atoms with Crippen molar-refractivity contribution in [2.24, 2.45) is 0 Å². The van der Waals surface area contributed by atoms with Gasteiger partial charge in [0.25, 0.3) is 5.91 Å². The quantitative estimate of drug-likeness (QED) is 0.848. The first-order chi connectivity index (χ1) is 13.1. The molecule has 142 valence electrons. The zero-order chi connectivity index (χ0) is 19.0. The van der Waals surface area contributed by atoms with Gasteiger partial charge in [0, 0.05) is 53.0 Å². The molecule has 0 spiro atoms. The predicted molar refractivity (Wildman–Crippen MR) is 103 cm³/mol. The van der Waals surface area contributed by atoms with E-state index in [4.69, 9.17) is 16.3 Å². The largest absolute Gasteiger partial charge is 0.378 e. The van der Waals surface area contributed by atoms with Gasteiger partial charge >= 0.3 is 0 Å². The molecule has 6 heteroatoms. The zero-order valence-corrected chi connectivity index (χ0v) is 16.1. The van der Waals surface area contributed by atoms with Gasteiger partial charge in [0.2, 0.25) is 0 Å². The summed E-state index contributed by atoms with van der Waals surface area (Å²) in [5.74, 6) is -0.357. The molecule has 2 aliphatic heterocycles. The van der Waals surface area contributed by atoms with Gasteiger partial charge in [-0.05, 0) is 31.4 Å². The Morgan fingerprint density at radius 3 is 2.70 bits per heavy atom. The molecule has 1 atom stereocenters. The molecule has 0 aromatic heterocycles. The topological polar surface area (TPSA) is 58.6 Å². The van der Waals surface area contributed by atoms with Gasteiger partial charge < -0.3 is 15.0 Å². The van der Waals surface area contributed by atoms with Crippen LogP contribution in [0.5, 0.6) is 0 Å². The van der Waals surface area contributed by atoms with E-state index in [2.05, 4.69) is 5.32 Å². The lowest BCUT2D eigenvalue weighted by atomic mass is 9.75. The summed E-state index contributed by atoms with van der Waals surface area (Å²) in [4.78, 5) is 28.1. The van der Waals surface area contributed by atoms with Crippen LogP contribution in [-0.4, -0.2) is 42.9 Å². The Balaban J connectivity index is 1.84. The average Bonchev–Trinajstić information content (AvgIpc) is 2.68. The third-order valence-electron chi connectivity index (χ3n) is 5.52. The smallest absolute Gasteiger partial charge is 0.252 e. The maximum atomic E-state index is 13.4. The molecule has 5 nitrogen and oxygen atoms in total. The average molecular weight is 387 g/mol. The summed E-state index contributed by atoms with van der Waals surface area (Å²) >= 11 is 6.52. The fourth-order valence-electron chi connectivity index (χ4n) is 4.22. The van der Waals surface area contributed by atoms with Crippen LogP contribution in [0, 0.1) is 0 Å². The highest BCUT2D eigenvalue weighted by Gasteiger charge is 2.40. The highest BCUT2D eigenvalue weighted by molar-refractivity contribution is 6.31. The number of hydrogen-bond donors (Lipinski definition) is 1. The Morgan fingerprint density at radius 1 is 1.22 bits per heavy atom. The molecule has 1 aromatic carbocycles. The number of Topliss-reactive ketones (excluding diaryl/α,β-unsaturated/α-hetero) is 1. The molecule has 3 aliphatic rings. The van der Waals surface area contributed by atoms with Crippen molar-refractivity contribution in [3.8, 4) is 0 Å². The SMILES string of the molecule is CC1=C(C(=O)N2CCOCC2)[C@H](c2ccccc2Cl)C2=C(CCCC2=O)N1. The second kappa shape index (κ2) is 7.49. The van der Waals surface area contributed by atoms with Crippen LogP contribution in [0.25, 0.3) is 0 Å². The fraction of sp³-hybridized carbons (Fsp3) is 0.429. The minimum absolute atomic E-state index is 0.0434. The second-order valence-corrected chi connectivity index (χ2v) is 7.60. The number of ether oxygens (including phenoxy) is 1. The van der Waals surface area contributed by atoms with E-state index in [9.17, 15) is 9.59 Å². The van der Waals surface area contributed by atoms with E-state index in [1.54, 1.807) is 0 Å². The molecule has 1 fully saturated rings. The van der Waals surface area contributed by atoms with Crippen LogP contribution in [0.2, 0.25) is 5.02 Å². The first kappa shape index (κ1) is 18.3. The molecule has 1 aliphatic carbocycles. The summed E-state index contributed by atoms with van der Waals surface area (Å²) < 4.78 is 5.39. The maximum Gasteiger partial charge on any atom is 0.252 e. The molecule has 1 amide bonds. The van der Waals surface area contributed by atoms with Crippen molar-refractivity contribution in [2.75, 3.05) is 26.3 Å². The monoisotopic (exact) mass is 386 g/mol. The molecule has 4 rings (SSSR count). The van der Waals surface area contributed by atoms with Crippen molar-refractivity contribution in [2.45, 2.75) is 32.1 Å². The number of morpholine rings is 1. The summed E-state index contributed by atoms with van der Waals surface area (Å²) in [6.45, 7) is 4.11. The lowest BCUT2D eigenvalue weighted by molar-refractivity contribution is -0.131. The zero-order valence-electron chi connectivity index (χ0n) is 15.4.